The maximum absolute atomic E-state index is 13.1. The van der Waals surface area contributed by atoms with Crippen LogP contribution in [-0.2, 0) is 14.8 Å². The molecule has 1 unspecified atom stereocenters. The first kappa shape index (κ1) is 20.8. The van der Waals surface area contributed by atoms with Crippen LogP contribution in [0.3, 0.4) is 0 Å². The van der Waals surface area contributed by atoms with E-state index in [1.54, 1.807) is 11.3 Å². The molecule has 0 aliphatic carbocycles. The first-order valence-corrected chi connectivity index (χ1v) is 13.0. The van der Waals surface area contributed by atoms with Crippen LogP contribution in [0.5, 0.6) is 0 Å². The van der Waals surface area contributed by atoms with E-state index in [0.29, 0.717) is 29.5 Å². The van der Waals surface area contributed by atoms with E-state index >= 15 is 0 Å². The lowest BCUT2D eigenvalue weighted by molar-refractivity contribution is -0.119. The number of aromatic nitrogens is 2. The number of carbonyl (C=O) groups is 1. The summed E-state index contributed by atoms with van der Waals surface area (Å²) in [4.78, 5) is 22.2. The van der Waals surface area contributed by atoms with Gasteiger partial charge < -0.3 is 5.32 Å². The molecule has 1 fully saturated rings. The van der Waals surface area contributed by atoms with Crippen molar-refractivity contribution >= 4 is 75.8 Å². The number of halogens is 1. The van der Waals surface area contributed by atoms with Crippen molar-refractivity contribution in [3.63, 3.8) is 0 Å². The molecule has 4 aromatic rings. The SMILES string of the molecule is Cc1nc2ccc3nc(NC(=O)C4CCCN4S(=O)(=O)c4ccc(Cl)cc4)sc3c2s1. The molecule has 0 radical (unpaired) electrons. The molecular weight excluding hydrogens is 476 g/mol. The number of benzene rings is 2. The fourth-order valence-corrected chi connectivity index (χ4v) is 7.55. The van der Waals surface area contributed by atoms with Crippen LogP contribution >= 0.6 is 34.3 Å². The summed E-state index contributed by atoms with van der Waals surface area (Å²) >= 11 is 8.85. The van der Waals surface area contributed by atoms with Crippen molar-refractivity contribution in [1.82, 2.24) is 14.3 Å². The zero-order valence-corrected chi connectivity index (χ0v) is 19.5. The van der Waals surface area contributed by atoms with E-state index in [1.807, 2.05) is 19.1 Å². The number of thiazole rings is 2. The lowest BCUT2D eigenvalue weighted by atomic mass is 10.2. The first-order chi connectivity index (χ1) is 14.8. The summed E-state index contributed by atoms with van der Waals surface area (Å²) in [6.07, 6.45) is 1.08. The van der Waals surface area contributed by atoms with Crippen molar-refractivity contribution in [2.75, 3.05) is 11.9 Å². The molecule has 2 aromatic heterocycles. The molecule has 0 spiro atoms. The van der Waals surface area contributed by atoms with Gasteiger partial charge in [-0.2, -0.15) is 4.31 Å². The van der Waals surface area contributed by atoms with Crippen molar-refractivity contribution in [1.29, 1.82) is 0 Å². The second-order valence-electron chi connectivity index (χ2n) is 7.23. The number of hydrogen-bond donors (Lipinski definition) is 1. The zero-order chi connectivity index (χ0) is 21.8. The normalized spacial score (nSPS) is 17.5. The summed E-state index contributed by atoms with van der Waals surface area (Å²) in [7, 11) is -3.80. The maximum Gasteiger partial charge on any atom is 0.244 e. The van der Waals surface area contributed by atoms with Gasteiger partial charge in [0.2, 0.25) is 15.9 Å². The third-order valence-electron chi connectivity index (χ3n) is 5.18. The zero-order valence-electron chi connectivity index (χ0n) is 16.3. The van der Waals surface area contributed by atoms with Crippen LogP contribution in [0.15, 0.2) is 41.3 Å². The number of rotatable bonds is 4. The molecule has 2 aromatic carbocycles. The standard InChI is InChI=1S/C20H17ClN4O3S3/c1-11-22-14-8-9-15-18(17(14)29-11)30-20(23-15)24-19(26)16-3-2-10-25(16)31(27,28)13-6-4-12(21)5-7-13/h4-9,16H,2-3,10H2,1H3,(H,23,24,26). The third kappa shape index (κ3) is 3.72. The van der Waals surface area contributed by atoms with Gasteiger partial charge in [-0.25, -0.2) is 18.4 Å². The Morgan fingerprint density at radius 2 is 1.77 bits per heavy atom. The Kier molecular flexibility index (Phi) is 5.22. The van der Waals surface area contributed by atoms with Gasteiger partial charge in [-0.3, -0.25) is 4.79 Å². The quantitative estimate of drug-likeness (QED) is 0.447. The molecule has 7 nitrogen and oxygen atoms in total. The predicted octanol–water partition coefficient (Wildman–Crippen LogP) is 4.66. The minimum Gasteiger partial charge on any atom is -0.301 e. The molecule has 1 aliphatic heterocycles. The van der Waals surface area contributed by atoms with Crippen molar-refractivity contribution in [2.45, 2.75) is 30.7 Å². The van der Waals surface area contributed by atoms with Gasteiger partial charge >= 0.3 is 0 Å². The molecular formula is C20H17ClN4O3S3. The van der Waals surface area contributed by atoms with Crippen LogP contribution in [0.2, 0.25) is 5.02 Å². The average molecular weight is 493 g/mol. The number of nitrogens with zero attached hydrogens (tertiary/aromatic N) is 3. The van der Waals surface area contributed by atoms with E-state index in [1.165, 1.54) is 39.9 Å². The van der Waals surface area contributed by atoms with Crippen LogP contribution in [-0.4, -0.2) is 41.2 Å². The predicted molar refractivity (Wildman–Crippen MR) is 125 cm³/mol. The summed E-state index contributed by atoms with van der Waals surface area (Å²) in [5.74, 6) is -0.370. The van der Waals surface area contributed by atoms with E-state index < -0.39 is 16.1 Å². The van der Waals surface area contributed by atoms with Gasteiger partial charge in [0.15, 0.2) is 5.13 Å². The summed E-state index contributed by atoms with van der Waals surface area (Å²) in [6.45, 7) is 2.25. The highest BCUT2D eigenvalue weighted by Crippen LogP contribution is 2.36. The van der Waals surface area contributed by atoms with Gasteiger partial charge in [0.25, 0.3) is 0 Å². The van der Waals surface area contributed by atoms with E-state index in [9.17, 15) is 13.2 Å². The summed E-state index contributed by atoms with van der Waals surface area (Å²) in [5.41, 5.74) is 1.70. The van der Waals surface area contributed by atoms with Crippen LogP contribution < -0.4 is 5.32 Å². The van der Waals surface area contributed by atoms with Crippen LogP contribution in [0.1, 0.15) is 17.8 Å². The fraction of sp³-hybridized carbons (Fsp3) is 0.250. The third-order valence-corrected chi connectivity index (χ3v) is 9.49. The molecule has 5 rings (SSSR count). The van der Waals surface area contributed by atoms with Crippen molar-refractivity contribution < 1.29 is 13.2 Å². The molecule has 1 aliphatic rings. The number of anilines is 1. The highest BCUT2D eigenvalue weighted by molar-refractivity contribution is 7.89. The number of sulfonamides is 1. The van der Waals surface area contributed by atoms with E-state index in [2.05, 4.69) is 15.3 Å². The number of hydrogen-bond acceptors (Lipinski definition) is 7. The first-order valence-electron chi connectivity index (χ1n) is 9.58. The second kappa shape index (κ2) is 7.79. The Labute approximate surface area is 191 Å². The highest BCUT2D eigenvalue weighted by atomic mass is 35.5. The lowest BCUT2D eigenvalue weighted by Crippen LogP contribution is -2.43. The number of nitrogens with one attached hydrogen (secondary N) is 1. The number of carbonyl (C=O) groups excluding carboxylic acids is 1. The van der Waals surface area contributed by atoms with Crippen LogP contribution in [0, 0.1) is 6.92 Å². The van der Waals surface area contributed by atoms with Gasteiger partial charge in [-0.15, -0.1) is 11.3 Å². The van der Waals surface area contributed by atoms with E-state index in [0.717, 1.165) is 25.4 Å². The second-order valence-corrected chi connectivity index (χ2v) is 11.8. The van der Waals surface area contributed by atoms with E-state index in [-0.39, 0.29) is 10.8 Å². The van der Waals surface area contributed by atoms with Crippen LogP contribution in [0.4, 0.5) is 5.13 Å². The molecule has 31 heavy (non-hydrogen) atoms. The van der Waals surface area contributed by atoms with Gasteiger partial charge in [0, 0.05) is 11.6 Å². The summed E-state index contributed by atoms with van der Waals surface area (Å²) in [5, 5.41) is 4.71. The van der Waals surface area contributed by atoms with Crippen molar-refractivity contribution in [3.8, 4) is 0 Å². The van der Waals surface area contributed by atoms with Gasteiger partial charge in [0.05, 0.1) is 30.3 Å². The lowest BCUT2D eigenvalue weighted by Gasteiger charge is -2.23. The Morgan fingerprint density at radius 1 is 1.10 bits per heavy atom. The van der Waals surface area contributed by atoms with Crippen molar-refractivity contribution in [3.05, 3.63) is 46.4 Å². The number of amides is 1. The average Bonchev–Trinajstić information content (AvgIpc) is 3.44. The Hall–Kier alpha value is -2.11. The fourth-order valence-electron chi connectivity index (χ4n) is 3.76. The molecule has 160 valence electrons. The minimum atomic E-state index is -3.80. The highest BCUT2D eigenvalue weighted by Gasteiger charge is 2.39. The molecule has 1 saturated heterocycles. The van der Waals surface area contributed by atoms with Gasteiger partial charge in [-0.05, 0) is 56.2 Å². The van der Waals surface area contributed by atoms with Gasteiger partial charge in [0.1, 0.15) is 6.04 Å². The Bertz CT molecular complexity index is 1410. The molecule has 1 amide bonds. The summed E-state index contributed by atoms with van der Waals surface area (Å²) in [6, 6.07) is 9.00. The molecule has 0 saturated carbocycles. The Morgan fingerprint density at radius 3 is 2.52 bits per heavy atom. The van der Waals surface area contributed by atoms with Crippen molar-refractivity contribution in [2.24, 2.45) is 0 Å². The van der Waals surface area contributed by atoms with E-state index in [4.69, 9.17) is 11.6 Å². The Balaban J connectivity index is 1.42. The monoisotopic (exact) mass is 492 g/mol. The number of fused-ring (bicyclic) bond motifs is 3. The number of aryl methyl sites for hydroxylation is 1. The minimum absolute atomic E-state index is 0.125. The summed E-state index contributed by atoms with van der Waals surface area (Å²) < 4.78 is 29.5. The molecule has 0 bridgehead atoms. The smallest absolute Gasteiger partial charge is 0.244 e. The molecule has 1 N–H and O–H groups in total. The van der Waals surface area contributed by atoms with Gasteiger partial charge in [-0.1, -0.05) is 22.9 Å². The van der Waals surface area contributed by atoms with Crippen LogP contribution in [0.25, 0.3) is 20.4 Å². The molecule has 11 heteroatoms. The molecule has 1 atom stereocenters. The topological polar surface area (TPSA) is 92.3 Å². The molecule has 3 heterocycles. The largest absolute Gasteiger partial charge is 0.301 e. The maximum atomic E-state index is 13.1.